The van der Waals surface area contributed by atoms with Gasteiger partial charge in [-0.05, 0) is 37.6 Å². The normalized spacial score (nSPS) is 13.1. The molecule has 2 N–H and O–H groups in total. The van der Waals surface area contributed by atoms with Crippen molar-refractivity contribution in [3.63, 3.8) is 0 Å². The Kier molecular flexibility index (Phi) is 5.10. The quantitative estimate of drug-likeness (QED) is 0.798. The monoisotopic (exact) mass is 240 g/mol. The second-order valence-electron chi connectivity index (χ2n) is 4.18. The van der Waals surface area contributed by atoms with Crippen LogP contribution in [-0.2, 0) is 6.54 Å². The lowest BCUT2D eigenvalue weighted by Gasteiger charge is -2.27. The number of anilines is 1. The van der Waals surface area contributed by atoms with E-state index in [1.54, 1.807) is 0 Å². The first kappa shape index (κ1) is 13.3. The number of halogens is 1. The van der Waals surface area contributed by atoms with Crippen molar-refractivity contribution < 1.29 is 0 Å². The van der Waals surface area contributed by atoms with Crippen LogP contribution in [0.25, 0.3) is 0 Å². The van der Waals surface area contributed by atoms with Crippen LogP contribution in [0.3, 0.4) is 0 Å². The molecule has 0 bridgehead atoms. The van der Waals surface area contributed by atoms with E-state index >= 15 is 0 Å². The third kappa shape index (κ3) is 3.39. The van der Waals surface area contributed by atoms with Crippen molar-refractivity contribution >= 4 is 17.3 Å². The van der Waals surface area contributed by atoms with E-state index in [9.17, 15) is 0 Å². The maximum Gasteiger partial charge on any atom is 0.0638 e. The molecular weight excluding hydrogens is 220 g/mol. The molecule has 16 heavy (non-hydrogen) atoms. The fourth-order valence-corrected chi connectivity index (χ4v) is 1.94. The Labute approximate surface area is 103 Å². The topological polar surface area (TPSA) is 29.3 Å². The number of nitrogens with zero attached hydrogens (tertiary/aromatic N) is 1. The fraction of sp³-hybridized carbons (Fsp3) is 0.538. The van der Waals surface area contributed by atoms with Crippen LogP contribution in [0.1, 0.15) is 32.8 Å². The highest BCUT2D eigenvalue weighted by atomic mass is 35.5. The van der Waals surface area contributed by atoms with Gasteiger partial charge < -0.3 is 5.73 Å². The lowest BCUT2D eigenvalue weighted by Crippen LogP contribution is -2.31. The molecule has 1 unspecified atom stereocenters. The Morgan fingerprint density at radius 1 is 1.38 bits per heavy atom. The molecule has 0 radical (unpaired) electrons. The summed E-state index contributed by atoms with van der Waals surface area (Å²) in [6, 6.07) is 6.48. The van der Waals surface area contributed by atoms with Gasteiger partial charge in [0.25, 0.3) is 0 Å². The summed E-state index contributed by atoms with van der Waals surface area (Å²) in [6.45, 7) is 8.64. The van der Waals surface area contributed by atoms with Crippen molar-refractivity contribution in [1.82, 2.24) is 4.90 Å². The molecule has 0 saturated carbocycles. The van der Waals surface area contributed by atoms with Gasteiger partial charge in [-0.25, -0.2) is 0 Å². The van der Waals surface area contributed by atoms with Crippen molar-refractivity contribution in [2.24, 2.45) is 0 Å². The molecule has 0 aliphatic carbocycles. The summed E-state index contributed by atoms with van der Waals surface area (Å²) < 4.78 is 0. The van der Waals surface area contributed by atoms with Gasteiger partial charge >= 0.3 is 0 Å². The van der Waals surface area contributed by atoms with Crippen LogP contribution < -0.4 is 5.73 Å². The molecule has 1 atom stereocenters. The van der Waals surface area contributed by atoms with Gasteiger partial charge in [-0.1, -0.05) is 31.5 Å². The second kappa shape index (κ2) is 6.12. The number of hydrogen-bond donors (Lipinski definition) is 1. The minimum absolute atomic E-state index is 0.598. The van der Waals surface area contributed by atoms with E-state index in [2.05, 4.69) is 25.7 Å². The first-order valence-electron chi connectivity index (χ1n) is 5.86. The zero-order valence-electron chi connectivity index (χ0n) is 10.3. The minimum atomic E-state index is 0.598. The molecule has 0 aliphatic heterocycles. The Hall–Kier alpha value is -0.730. The second-order valence-corrected chi connectivity index (χ2v) is 4.58. The first-order valence-corrected chi connectivity index (χ1v) is 6.24. The van der Waals surface area contributed by atoms with Gasteiger partial charge in [0.1, 0.15) is 0 Å². The summed E-state index contributed by atoms with van der Waals surface area (Å²) in [7, 11) is 0. The zero-order chi connectivity index (χ0) is 12.1. The Morgan fingerprint density at radius 2 is 2.06 bits per heavy atom. The van der Waals surface area contributed by atoms with Crippen molar-refractivity contribution in [3.05, 3.63) is 28.8 Å². The minimum Gasteiger partial charge on any atom is -0.398 e. The predicted molar refractivity (Wildman–Crippen MR) is 71.7 cm³/mol. The summed E-state index contributed by atoms with van der Waals surface area (Å²) in [5.74, 6) is 0. The molecule has 0 aromatic heterocycles. The summed E-state index contributed by atoms with van der Waals surface area (Å²) >= 11 is 6.01. The van der Waals surface area contributed by atoms with E-state index in [0.717, 1.165) is 19.5 Å². The number of benzene rings is 1. The Bertz CT molecular complexity index is 339. The van der Waals surface area contributed by atoms with Crippen LogP contribution in [0.2, 0.25) is 5.02 Å². The van der Waals surface area contributed by atoms with Crippen LogP contribution in [-0.4, -0.2) is 17.5 Å². The van der Waals surface area contributed by atoms with Gasteiger partial charge in [-0.15, -0.1) is 0 Å². The van der Waals surface area contributed by atoms with E-state index in [1.807, 2.05) is 18.2 Å². The molecule has 0 saturated heterocycles. The largest absolute Gasteiger partial charge is 0.398 e. The summed E-state index contributed by atoms with van der Waals surface area (Å²) in [5.41, 5.74) is 7.57. The van der Waals surface area contributed by atoms with Gasteiger partial charge in [0.2, 0.25) is 0 Å². The molecule has 3 heteroatoms. The first-order chi connectivity index (χ1) is 7.58. The highest BCUT2D eigenvalue weighted by Gasteiger charge is 2.10. The zero-order valence-corrected chi connectivity index (χ0v) is 11.1. The Balaban J connectivity index is 2.74. The maximum absolute atomic E-state index is 6.01. The van der Waals surface area contributed by atoms with Gasteiger partial charge in [0, 0.05) is 12.6 Å². The van der Waals surface area contributed by atoms with E-state index in [4.69, 9.17) is 17.3 Å². The fourth-order valence-electron chi connectivity index (χ4n) is 1.74. The van der Waals surface area contributed by atoms with Crippen LogP contribution in [0.4, 0.5) is 5.69 Å². The molecular formula is C13H21ClN2. The number of nitrogen functional groups attached to an aromatic ring is 1. The highest BCUT2D eigenvalue weighted by molar-refractivity contribution is 6.33. The molecule has 0 spiro atoms. The number of nitrogens with two attached hydrogens (primary N) is 1. The molecule has 0 heterocycles. The molecule has 2 nitrogen and oxygen atoms in total. The van der Waals surface area contributed by atoms with Crippen molar-refractivity contribution in [3.8, 4) is 0 Å². The standard InChI is InChI=1S/C13H21ClN2/c1-4-10(3)16(5-2)9-11-6-7-13(15)12(14)8-11/h6-8,10H,4-5,9,15H2,1-3H3. The van der Waals surface area contributed by atoms with Gasteiger partial charge in [-0.2, -0.15) is 0 Å². The predicted octanol–water partition coefficient (Wildman–Crippen LogP) is 3.54. The van der Waals surface area contributed by atoms with Crippen LogP contribution in [0.5, 0.6) is 0 Å². The van der Waals surface area contributed by atoms with Crippen molar-refractivity contribution in [1.29, 1.82) is 0 Å². The smallest absolute Gasteiger partial charge is 0.0638 e. The van der Waals surface area contributed by atoms with E-state index in [0.29, 0.717) is 16.8 Å². The van der Waals surface area contributed by atoms with E-state index in [1.165, 1.54) is 5.56 Å². The van der Waals surface area contributed by atoms with Crippen molar-refractivity contribution in [2.45, 2.75) is 39.8 Å². The highest BCUT2D eigenvalue weighted by Crippen LogP contribution is 2.21. The lowest BCUT2D eigenvalue weighted by atomic mass is 10.1. The third-order valence-electron chi connectivity index (χ3n) is 3.07. The van der Waals surface area contributed by atoms with Gasteiger partial charge in [0.15, 0.2) is 0 Å². The molecule has 1 rings (SSSR count). The van der Waals surface area contributed by atoms with Gasteiger partial charge in [-0.3, -0.25) is 4.90 Å². The van der Waals surface area contributed by atoms with E-state index in [-0.39, 0.29) is 0 Å². The summed E-state index contributed by atoms with van der Waals surface area (Å²) in [5, 5.41) is 0.651. The van der Waals surface area contributed by atoms with Gasteiger partial charge in [0.05, 0.1) is 10.7 Å². The maximum atomic E-state index is 6.01. The molecule has 90 valence electrons. The number of hydrogen-bond acceptors (Lipinski definition) is 2. The molecule has 1 aromatic rings. The molecule has 0 aliphatic rings. The average Bonchev–Trinajstić information content (AvgIpc) is 2.29. The SMILES string of the molecule is CCC(C)N(CC)Cc1ccc(N)c(Cl)c1. The number of rotatable bonds is 5. The third-order valence-corrected chi connectivity index (χ3v) is 3.40. The molecule has 0 amide bonds. The van der Waals surface area contributed by atoms with Crippen LogP contribution in [0.15, 0.2) is 18.2 Å². The van der Waals surface area contributed by atoms with Crippen LogP contribution >= 0.6 is 11.6 Å². The van der Waals surface area contributed by atoms with E-state index < -0.39 is 0 Å². The molecule has 0 fully saturated rings. The van der Waals surface area contributed by atoms with Crippen molar-refractivity contribution in [2.75, 3.05) is 12.3 Å². The lowest BCUT2D eigenvalue weighted by molar-refractivity contribution is 0.206. The van der Waals surface area contributed by atoms with Crippen LogP contribution in [0, 0.1) is 0 Å². The molecule has 1 aromatic carbocycles. The average molecular weight is 241 g/mol. The summed E-state index contributed by atoms with van der Waals surface area (Å²) in [4.78, 5) is 2.43. The Morgan fingerprint density at radius 3 is 2.56 bits per heavy atom. The summed E-state index contributed by atoms with van der Waals surface area (Å²) in [6.07, 6.45) is 1.16.